The number of hydrogen-bond donors (Lipinski definition) is 1. The van der Waals surface area contributed by atoms with Crippen LogP contribution < -0.4 is 0 Å². The highest BCUT2D eigenvalue weighted by Gasteiger charge is 2.36. The number of amides is 1. The lowest BCUT2D eigenvalue weighted by molar-refractivity contribution is -0.131. The van der Waals surface area contributed by atoms with Crippen molar-refractivity contribution in [1.82, 2.24) is 14.7 Å². The fourth-order valence-corrected chi connectivity index (χ4v) is 3.45. The number of halogens is 2. The Labute approximate surface area is 144 Å². The summed E-state index contributed by atoms with van der Waals surface area (Å²) in [6.07, 6.45) is -0.210. The Morgan fingerprint density at radius 2 is 2.04 bits per heavy atom. The van der Waals surface area contributed by atoms with Crippen LogP contribution in [0.15, 0.2) is 18.2 Å². The van der Waals surface area contributed by atoms with Crippen molar-refractivity contribution in [3.63, 3.8) is 0 Å². The van der Waals surface area contributed by atoms with E-state index in [4.69, 9.17) is 0 Å². The first kappa shape index (κ1) is 17.5. The van der Waals surface area contributed by atoms with Crippen molar-refractivity contribution in [3.05, 3.63) is 52.3 Å². The average molecular weight is 349 g/mol. The van der Waals surface area contributed by atoms with Crippen LogP contribution in [0.25, 0.3) is 0 Å². The van der Waals surface area contributed by atoms with Crippen molar-refractivity contribution in [3.8, 4) is 0 Å². The van der Waals surface area contributed by atoms with E-state index in [9.17, 15) is 18.7 Å². The van der Waals surface area contributed by atoms with Crippen molar-refractivity contribution >= 4 is 5.91 Å². The first-order valence-corrected chi connectivity index (χ1v) is 8.19. The molecule has 0 bridgehead atoms. The maximum Gasteiger partial charge on any atom is 0.227 e. The molecule has 25 heavy (non-hydrogen) atoms. The van der Waals surface area contributed by atoms with Crippen molar-refractivity contribution in [2.75, 3.05) is 6.54 Å². The number of benzene rings is 1. The quantitative estimate of drug-likeness (QED) is 0.924. The smallest absolute Gasteiger partial charge is 0.227 e. The number of rotatable bonds is 3. The molecule has 1 aliphatic rings. The normalized spacial score (nSPS) is 20.3. The molecule has 0 unspecified atom stereocenters. The number of hydrogen-bond acceptors (Lipinski definition) is 3. The molecule has 3 rings (SSSR count). The lowest BCUT2D eigenvalue weighted by Crippen LogP contribution is -2.33. The summed E-state index contributed by atoms with van der Waals surface area (Å²) in [6, 6.07) is 3.14. The summed E-state index contributed by atoms with van der Waals surface area (Å²) in [5.41, 5.74) is 3.05. The zero-order valence-electron chi connectivity index (χ0n) is 14.5. The van der Waals surface area contributed by atoms with Gasteiger partial charge in [-0.1, -0.05) is 6.07 Å². The molecular weight excluding hydrogens is 328 g/mol. The minimum Gasteiger partial charge on any atom is -0.391 e. The maximum absolute atomic E-state index is 13.6. The van der Waals surface area contributed by atoms with Gasteiger partial charge in [0.15, 0.2) is 11.6 Å². The van der Waals surface area contributed by atoms with Crippen LogP contribution >= 0.6 is 0 Å². The number of likely N-dealkylation sites (tertiary alicyclic amines) is 1. The zero-order valence-corrected chi connectivity index (χ0v) is 14.5. The van der Waals surface area contributed by atoms with Crippen LogP contribution in [-0.4, -0.2) is 38.3 Å². The summed E-state index contributed by atoms with van der Waals surface area (Å²) in [7, 11) is 1.82. The van der Waals surface area contributed by atoms with E-state index in [1.54, 1.807) is 9.58 Å². The van der Waals surface area contributed by atoms with Gasteiger partial charge in [-0.25, -0.2) is 8.78 Å². The highest BCUT2D eigenvalue weighted by Crippen LogP contribution is 2.33. The van der Waals surface area contributed by atoms with E-state index in [1.807, 2.05) is 20.9 Å². The monoisotopic (exact) mass is 349 g/mol. The molecule has 0 saturated carbocycles. The van der Waals surface area contributed by atoms with Gasteiger partial charge in [0.05, 0.1) is 24.3 Å². The van der Waals surface area contributed by atoms with Crippen molar-refractivity contribution in [2.45, 2.75) is 38.8 Å². The van der Waals surface area contributed by atoms with Gasteiger partial charge < -0.3 is 10.0 Å². The predicted molar refractivity (Wildman–Crippen MR) is 87.8 cm³/mol. The van der Waals surface area contributed by atoms with Gasteiger partial charge >= 0.3 is 0 Å². The van der Waals surface area contributed by atoms with E-state index in [1.165, 1.54) is 6.07 Å². The fraction of sp³-hybridized carbons (Fsp3) is 0.444. The molecule has 2 atom stereocenters. The Bertz CT molecular complexity index is 819. The Kier molecular flexibility index (Phi) is 4.60. The third-order valence-corrected chi connectivity index (χ3v) is 4.91. The summed E-state index contributed by atoms with van der Waals surface area (Å²) >= 11 is 0. The number of aliphatic hydroxyl groups excluding tert-OH is 1. The van der Waals surface area contributed by atoms with E-state index >= 15 is 0 Å². The Balaban J connectivity index is 1.86. The number of aryl methyl sites for hydroxylation is 2. The molecule has 0 aliphatic carbocycles. The molecule has 2 heterocycles. The van der Waals surface area contributed by atoms with Crippen LogP contribution in [0.5, 0.6) is 0 Å². The highest BCUT2D eigenvalue weighted by atomic mass is 19.2. The van der Waals surface area contributed by atoms with Gasteiger partial charge in [-0.2, -0.15) is 5.10 Å². The Hall–Kier alpha value is -2.28. The van der Waals surface area contributed by atoms with Gasteiger partial charge in [-0.15, -0.1) is 0 Å². The van der Waals surface area contributed by atoms with Gasteiger partial charge in [-0.05, 0) is 38.0 Å². The predicted octanol–water partition coefficient (Wildman–Crippen LogP) is 2.19. The second-order valence-corrected chi connectivity index (χ2v) is 6.57. The molecule has 1 aromatic carbocycles. The molecule has 134 valence electrons. The largest absolute Gasteiger partial charge is 0.391 e. The number of carbonyl (C=O) groups is 1. The molecule has 1 aliphatic heterocycles. The Morgan fingerprint density at radius 1 is 1.32 bits per heavy atom. The lowest BCUT2D eigenvalue weighted by Gasteiger charge is -2.25. The van der Waals surface area contributed by atoms with E-state index in [0.717, 1.165) is 29.1 Å². The molecule has 2 aromatic rings. The molecule has 0 spiro atoms. The molecule has 1 aromatic heterocycles. The minimum absolute atomic E-state index is 0.162. The van der Waals surface area contributed by atoms with Gasteiger partial charge in [-0.3, -0.25) is 9.48 Å². The highest BCUT2D eigenvalue weighted by molar-refractivity contribution is 5.80. The number of aliphatic hydroxyl groups is 1. The SMILES string of the molecule is Cc1nn(C)c(C)c1CC(=O)N1C[C@H](O)C[C@@H]1c1ccc(F)c(F)c1. The molecule has 5 nitrogen and oxygen atoms in total. The number of β-amino-alcohol motifs (C(OH)–C–C–N with tert-alkyl or cyclic N) is 1. The second-order valence-electron chi connectivity index (χ2n) is 6.57. The topological polar surface area (TPSA) is 58.4 Å². The first-order valence-electron chi connectivity index (χ1n) is 8.19. The van der Waals surface area contributed by atoms with Crippen LogP contribution in [0.1, 0.15) is 35.0 Å². The second kappa shape index (κ2) is 6.55. The summed E-state index contributed by atoms with van der Waals surface area (Å²) < 4.78 is 28.5. The number of nitrogens with zero attached hydrogens (tertiary/aromatic N) is 3. The van der Waals surface area contributed by atoms with Crippen LogP contribution in [0, 0.1) is 25.5 Å². The lowest BCUT2D eigenvalue weighted by atomic mass is 10.0. The Morgan fingerprint density at radius 3 is 2.64 bits per heavy atom. The van der Waals surface area contributed by atoms with Crippen molar-refractivity contribution in [2.24, 2.45) is 7.05 Å². The van der Waals surface area contributed by atoms with Crippen molar-refractivity contribution in [1.29, 1.82) is 0 Å². The summed E-state index contributed by atoms with van der Waals surface area (Å²) in [5.74, 6) is -2.04. The van der Waals surface area contributed by atoms with E-state index in [0.29, 0.717) is 12.0 Å². The number of carbonyl (C=O) groups excluding carboxylic acids is 1. The first-order chi connectivity index (χ1) is 11.8. The molecule has 0 radical (unpaired) electrons. The third-order valence-electron chi connectivity index (χ3n) is 4.91. The standard InChI is InChI=1S/C18H21F2N3O2/c1-10-14(11(2)22(3)21-10)8-18(25)23-9-13(24)7-17(23)12-4-5-15(19)16(20)6-12/h4-6,13,17,24H,7-9H2,1-3H3/t13-,17-/m1/s1. The van der Waals surface area contributed by atoms with Gasteiger partial charge in [0.2, 0.25) is 5.91 Å². The van der Waals surface area contributed by atoms with Gasteiger partial charge in [0.1, 0.15) is 0 Å². The molecule has 1 saturated heterocycles. The van der Waals surface area contributed by atoms with Gasteiger partial charge in [0.25, 0.3) is 0 Å². The molecule has 1 N–H and O–H groups in total. The minimum atomic E-state index is -0.953. The average Bonchev–Trinajstić information content (AvgIpc) is 3.05. The molecular formula is C18H21F2N3O2. The van der Waals surface area contributed by atoms with Crippen molar-refractivity contribution < 1.29 is 18.7 Å². The zero-order chi connectivity index (χ0) is 18.3. The molecule has 1 amide bonds. The van der Waals surface area contributed by atoms with Crippen LogP contribution in [-0.2, 0) is 18.3 Å². The summed E-state index contributed by atoms with van der Waals surface area (Å²) in [6.45, 7) is 3.93. The van der Waals surface area contributed by atoms with E-state index in [-0.39, 0.29) is 18.9 Å². The van der Waals surface area contributed by atoms with E-state index < -0.39 is 23.8 Å². The molecule has 7 heteroatoms. The van der Waals surface area contributed by atoms with E-state index in [2.05, 4.69) is 5.10 Å². The number of aromatic nitrogens is 2. The third kappa shape index (κ3) is 3.28. The maximum atomic E-state index is 13.6. The van der Waals surface area contributed by atoms with Crippen LogP contribution in [0.4, 0.5) is 8.78 Å². The summed E-state index contributed by atoms with van der Waals surface area (Å²) in [4.78, 5) is 14.4. The van der Waals surface area contributed by atoms with Crippen LogP contribution in [0.3, 0.4) is 0 Å². The molecule has 1 fully saturated rings. The fourth-order valence-electron chi connectivity index (χ4n) is 3.45. The van der Waals surface area contributed by atoms with Crippen LogP contribution in [0.2, 0.25) is 0 Å². The summed E-state index contributed by atoms with van der Waals surface area (Å²) in [5, 5.41) is 14.3. The van der Waals surface area contributed by atoms with Gasteiger partial charge in [0, 0.05) is 24.8 Å².